The number of carboxylic acid groups (broad SMARTS) is 1. The van der Waals surface area contributed by atoms with Gasteiger partial charge in [-0.2, -0.15) is 0 Å². The summed E-state index contributed by atoms with van der Waals surface area (Å²) in [6.07, 6.45) is 5.93. The number of hydrogen-bond donors (Lipinski definition) is 2. The van der Waals surface area contributed by atoms with E-state index in [4.69, 9.17) is 10.8 Å². The number of rotatable bonds is 7. The number of nitrogens with two attached hydrogens (primary N) is 1. The molecule has 3 N–H and O–H groups in total. The van der Waals surface area contributed by atoms with Gasteiger partial charge in [0, 0.05) is 31.5 Å². The molecule has 2 unspecified atom stereocenters. The maximum absolute atomic E-state index is 12.2. The Labute approximate surface area is 115 Å². The van der Waals surface area contributed by atoms with Crippen molar-refractivity contribution in [2.75, 3.05) is 6.54 Å². The van der Waals surface area contributed by atoms with E-state index in [1.165, 1.54) is 0 Å². The summed E-state index contributed by atoms with van der Waals surface area (Å²) in [4.78, 5) is 24.8. The van der Waals surface area contributed by atoms with Crippen LogP contribution in [0, 0.1) is 0 Å². The van der Waals surface area contributed by atoms with Gasteiger partial charge in [-0.3, -0.25) is 9.59 Å². The van der Waals surface area contributed by atoms with Crippen LogP contribution in [-0.4, -0.2) is 40.5 Å². The van der Waals surface area contributed by atoms with E-state index in [0.717, 1.165) is 38.6 Å². The standard InChI is InChI=1S/C14H26N2O3/c1-2-5-11(15)10-13(17)16-9-4-3-6-12(16)7-8-14(18)19/h11-12H,2-10,15H2,1H3,(H,18,19). The summed E-state index contributed by atoms with van der Waals surface area (Å²) in [7, 11) is 0. The minimum absolute atomic E-state index is 0.0699. The van der Waals surface area contributed by atoms with Crippen molar-refractivity contribution in [2.24, 2.45) is 5.73 Å². The highest BCUT2D eigenvalue weighted by Crippen LogP contribution is 2.22. The second-order valence-electron chi connectivity index (χ2n) is 5.42. The molecule has 0 aromatic rings. The van der Waals surface area contributed by atoms with Gasteiger partial charge in [-0.15, -0.1) is 0 Å². The van der Waals surface area contributed by atoms with Crippen molar-refractivity contribution in [1.82, 2.24) is 4.90 Å². The van der Waals surface area contributed by atoms with Crippen molar-refractivity contribution in [1.29, 1.82) is 0 Å². The topological polar surface area (TPSA) is 83.6 Å². The van der Waals surface area contributed by atoms with E-state index in [-0.39, 0.29) is 24.4 Å². The first-order chi connectivity index (χ1) is 9.04. The molecule has 1 heterocycles. The predicted molar refractivity (Wildman–Crippen MR) is 73.7 cm³/mol. The van der Waals surface area contributed by atoms with Crippen LogP contribution < -0.4 is 5.73 Å². The maximum Gasteiger partial charge on any atom is 0.303 e. The SMILES string of the molecule is CCCC(N)CC(=O)N1CCCCC1CCC(=O)O. The van der Waals surface area contributed by atoms with Gasteiger partial charge in [0.05, 0.1) is 0 Å². The van der Waals surface area contributed by atoms with E-state index in [9.17, 15) is 9.59 Å². The third kappa shape index (κ3) is 5.59. The molecule has 0 aromatic carbocycles. The molecular weight excluding hydrogens is 244 g/mol. The molecule has 2 atom stereocenters. The minimum atomic E-state index is -0.791. The zero-order valence-electron chi connectivity index (χ0n) is 11.8. The third-order valence-electron chi connectivity index (χ3n) is 3.74. The lowest BCUT2D eigenvalue weighted by molar-refractivity contribution is -0.140. The van der Waals surface area contributed by atoms with Crippen molar-refractivity contribution in [3.05, 3.63) is 0 Å². The zero-order valence-corrected chi connectivity index (χ0v) is 11.8. The third-order valence-corrected chi connectivity index (χ3v) is 3.74. The van der Waals surface area contributed by atoms with Crippen LogP contribution in [0.1, 0.15) is 58.3 Å². The van der Waals surface area contributed by atoms with Gasteiger partial charge in [0.15, 0.2) is 0 Å². The molecule has 0 aromatic heterocycles. The Morgan fingerprint density at radius 3 is 2.79 bits per heavy atom. The lowest BCUT2D eigenvalue weighted by atomic mass is 9.96. The Kier molecular flexibility index (Phi) is 6.84. The Hall–Kier alpha value is -1.10. The van der Waals surface area contributed by atoms with Gasteiger partial charge in [0.25, 0.3) is 0 Å². The van der Waals surface area contributed by atoms with Gasteiger partial charge >= 0.3 is 5.97 Å². The fourth-order valence-corrected chi connectivity index (χ4v) is 2.73. The first-order valence-corrected chi connectivity index (χ1v) is 7.31. The highest BCUT2D eigenvalue weighted by molar-refractivity contribution is 5.77. The number of amides is 1. The number of carboxylic acids is 1. The predicted octanol–water partition coefficient (Wildman–Crippen LogP) is 1.75. The van der Waals surface area contributed by atoms with Gasteiger partial charge in [-0.1, -0.05) is 13.3 Å². The molecule has 1 fully saturated rings. The molecule has 0 bridgehead atoms. The number of carbonyl (C=O) groups is 2. The van der Waals surface area contributed by atoms with Crippen LogP contribution in [0.25, 0.3) is 0 Å². The molecule has 5 nitrogen and oxygen atoms in total. The van der Waals surface area contributed by atoms with Crippen LogP contribution in [0.15, 0.2) is 0 Å². The van der Waals surface area contributed by atoms with E-state index < -0.39 is 5.97 Å². The van der Waals surface area contributed by atoms with Crippen LogP contribution in [-0.2, 0) is 9.59 Å². The summed E-state index contributed by atoms with van der Waals surface area (Å²) in [6.45, 7) is 2.81. The molecule has 0 saturated carbocycles. The molecular formula is C14H26N2O3. The molecule has 1 saturated heterocycles. The quantitative estimate of drug-likeness (QED) is 0.738. The number of piperidine rings is 1. The molecule has 1 rings (SSSR count). The van der Waals surface area contributed by atoms with Gasteiger partial charge < -0.3 is 15.7 Å². The van der Waals surface area contributed by atoms with Gasteiger partial charge in [-0.25, -0.2) is 0 Å². The fourth-order valence-electron chi connectivity index (χ4n) is 2.73. The first-order valence-electron chi connectivity index (χ1n) is 7.31. The highest BCUT2D eigenvalue weighted by atomic mass is 16.4. The average molecular weight is 270 g/mol. The van der Waals surface area contributed by atoms with Crippen LogP contribution in [0.5, 0.6) is 0 Å². The molecule has 1 aliphatic rings. The Bertz CT molecular complexity index is 307. The lowest BCUT2D eigenvalue weighted by Gasteiger charge is -2.36. The van der Waals surface area contributed by atoms with E-state index in [0.29, 0.717) is 12.8 Å². The number of aliphatic carboxylic acids is 1. The second-order valence-corrected chi connectivity index (χ2v) is 5.42. The average Bonchev–Trinajstić information content (AvgIpc) is 2.36. The first kappa shape index (κ1) is 16.0. The van der Waals surface area contributed by atoms with E-state index >= 15 is 0 Å². The van der Waals surface area contributed by atoms with E-state index in [1.807, 2.05) is 4.90 Å². The Morgan fingerprint density at radius 2 is 2.16 bits per heavy atom. The van der Waals surface area contributed by atoms with Crippen LogP contribution in [0.3, 0.4) is 0 Å². The van der Waals surface area contributed by atoms with Gasteiger partial charge in [0.2, 0.25) is 5.91 Å². The molecule has 1 amide bonds. The van der Waals surface area contributed by atoms with Crippen LogP contribution >= 0.6 is 0 Å². The van der Waals surface area contributed by atoms with Crippen LogP contribution in [0.2, 0.25) is 0 Å². The minimum Gasteiger partial charge on any atom is -0.481 e. The van der Waals surface area contributed by atoms with Crippen molar-refractivity contribution < 1.29 is 14.7 Å². The van der Waals surface area contributed by atoms with E-state index in [1.54, 1.807) is 0 Å². The molecule has 0 radical (unpaired) electrons. The smallest absolute Gasteiger partial charge is 0.303 e. The number of nitrogens with zero attached hydrogens (tertiary/aromatic N) is 1. The number of carbonyl (C=O) groups excluding carboxylic acids is 1. The molecule has 0 aliphatic carbocycles. The fraction of sp³-hybridized carbons (Fsp3) is 0.857. The number of hydrogen-bond acceptors (Lipinski definition) is 3. The van der Waals surface area contributed by atoms with Crippen molar-refractivity contribution in [3.8, 4) is 0 Å². The normalized spacial score (nSPS) is 21.2. The second kappa shape index (κ2) is 8.15. The largest absolute Gasteiger partial charge is 0.481 e. The summed E-state index contributed by atoms with van der Waals surface area (Å²) >= 11 is 0. The Balaban J connectivity index is 2.50. The molecule has 0 spiro atoms. The maximum atomic E-state index is 12.2. The molecule has 1 aliphatic heterocycles. The van der Waals surface area contributed by atoms with Crippen molar-refractivity contribution in [3.63, 3.8) is 0 Å². The summed E-state index contributed by atoms with van der Waals surface area (Å²) in [5, 5.41) is 8.76. The summed E-state index contributed by atoms with van der Waals surface area (Å²) < 4.78 is 0. The summed E-state index contributed by atoms with van der Waals surface area (Å²) in [5.41, 5.74) is 5.92. The monoisotopic (exact) mass is 270 g/mol. The van der Waals surface area contributed by atoms with Gasteiger partial charge in [-0.05, 0) is 32.1 Å². The molecule has 5 heteroatoms. The van der Waals surface area contributed by atoms with Crippen LogP contribution in [0.4, 0.5) is 0 Å². The zero-order chi connectivity index (χ0) is 14.3. The highest BCUT2D eigenvalue weighted by Gasteiger charge is 2.27. The van der Waals surface area contributed by atoms with Crippen molar-refractivity contribution >= 4 is 11.9 Å². The van der Waals surface area contributed by atoms with E-state index in [2.05, 4.69) is 6.92 Å². The Morgan fingerprint density at radius 1 is 1.42 bits per heavy atom. The molecule has 110 valence electrons. The summed E-state index contributed by atoms with van der Waals surface area (Å²) in [5.74, 6) is -0.698. The number of likely N-dealkylation sites (tertiary alicyclic amines) is 1. The summed E-state index contributed by atoms with van der Waals surface area (Å²) in [6, 6.07) is 0.0192. The molecule has 19 heavy (non-hydrogen) atoms. The van der Waals surface area contributed by atoms with Crippen molar-refractivity contribution in [2.45, 2.75) is 70.4 Å². The lowest BCUT2D eigenvalue weighted by Crippen LogP contribution is -2.45. The van der Waals surface area contributed by atoms with Gasteiger partial charge in [0.1, 0.15) is 0 Å².